The van der Waals surface area contributed by atoms with Gasteiger partial charge in [0.25, 0.3) is 5.91 Å². The second-order valence-electron chi connectivity index (χ2n) is 5.46. The lowest BCUT2D eigenvalue weighted by atomic mass is 10.2. The maximum atomic E-state index is 12.4. The molecule has 2 heterocycles. The standard InChI is InChI=1S/C17H17N5O6S/c1-4-28-16(27)13-8(2)19-17(29-13)20-14(24)12(9(3)23)22-21-11-5-6-18-7-10(11)15(25)26/h5-7H,4H2,1-3H3,(H,18,21)(H,25,26)(H,19,20,24)/b22-12+. The maximum absolute atomic E-state index is 12.4. The summed E-state index contributed by atoms with van der Waals surface area (Å²) in [5, 5.41) is 15.3. The van der Waals surface area contributed by atoms with E-state index in [1.807, 2.05) is 0 Å². The fourth-order valence-electron chi connectivity index (χ4n) is 2.06. The van der Waals surface area contributed by atoms with E-state index in [1.165, 1.54) is 12.3 Å². The lowest BCUT2D eigenvalue weighted by molar-refractivity contribution is -0.114. The number of esters is 1. The lowest BCUT2D eigenvalue weighted by Crippen LogP contribution is -2.29. The number of rotatable bonds is 8. The minimum absolute atomic E-state index is 0.0498. The highest BCUT2D eigenvalue weighted by Gasteiger charge is 2.22. The molecule has 0 unspecified atom stereocenters. The summed E-state index contributed by atoms with van der Waals surface area (Å²) in [5.41, 5.74) is 2.11. The Morgan fingerprint density at radius 3 is 2.66 bits per heavy atom. The van der Waals surface area contributed by atoms with Gasteiger partial charge in [0, 0.05) is 19.3 Å². The van der Waals surface area contributed by atoms with Crippen LogP contribution in [0.3, 0.4) is 0 Å². The van der Waals surface area contributed by atoms with E-state index in [0.29, 0.717) is 5.69 Å². The third-order valence-corrected chi connectivity index (χ3v) is 4.42. The number of carbonyl (C=O) groups is 4. The molecule has 11 nitrogen and oxygen atoms in total. The molecule has 2 aromatic rings. The van der Waals surface area contributed by atoms with E-state index >= 15 is 0 Å². The van der Waals surface area contributed by atoms with Gasteiger partial charge in [0.15, 0.2) is 16.6 Å². The van der Waals surface area contributed by atoms with Crippen molar-refractivity contribution in [1.29, 1.82) is 0 Å². The molecule has 0 aliphatic rings. The van der Waals surface area contributed by atoms with Gasteiger partial charge in [0.1, 0.15) is 10.4 Å². The second-order valence-corrected chi connectivity index (χ2v) is 6.46. The molecular weight excluding hydrogens is 402 g/mol. The predicted octanol–water partition coefficient (Wildman–Crippen LogP) is 1.72. The second kappa shape index (κ2) is 9.50. The van der Waals surface area contributed by atoms with E-state index in [-0.39, 0.29) is 27.9 Å². The minimum Gasteiger partial charge on any atom is -0.478 e. The first kappa shape index (κ1) is 21.6. The first-order valence-corrected chi connectivity index (χ1v) is 9.04. The molecule has 0 aromatic carbocycles. The monoisotopic (exact) mass is 419 g/mol. The molecule has 0 saturated carbocycles. The highest BCUT2D eigenvalue weighted by atomic mass is 32.1. The number of hydrogen-bond donors (Lipinski definition) is 3. The number of hydrogen-bond acceptors (Lipinski definition) is 10. The molecule has 0 saturated heterocycles. The van der Waals surface area contributed by atoms with Crippen LogP contribution >= 0.6 is 11.3 Å². The molecular formula is C17H17N5O6S. The zero-order valence-electron chi connectivity index (χ0n) is 15.7. The van der Waals surface area contributed by atoms with Crippen LogP contribution in [-0.2, 0) is 14.3 Å². The van der Waals surface area contributed by atoms with Gasteiger partial charge in [-0.1, -0.05) is 11.3 Å². The van der Waals surface area contributed by atoms with Crippen molar-refractivity contribution < 1.29 is 29.0 Å². The number of aryl methyl sites for hydroxylation is 1. The number of nitrogens with one attached hydrogen (secondary N) is 2. The number of ketones is 1. The van der Waals surface area contributed by atoms with E-state index in [9.17, 15) is 19.2 Å². The van der Waals surface area contributed by atoms with E-state index in [0.717, 1.165) is 24.5 Å². The number of thiazole rings is 1. The van der Waals surface area contributed by atoms with Gasteiger partial charge >= 0.3 is 11.9 Å². The fourth-order valence-corrected chi connectivity index (χ4v) is 2.92. The summed E-state index contributed by atoms with van der Waals surface area (Å²) in [6.45, 7) is 4.56. The minimum atomic E-state index is -1.26. The summed E-state index contributed by atoms with van der Waals surface area (Å²) in [7, 11) is 0. The molecule has 0 fully saturated rings. The Morgan fingerprint density at radius 1 is 1.31 bits per heavy atom. The Kier molecular flexibility index (Phi) is 7.09. The van der Waals surface area contributed by atoms with Crippen molar-refractivity contribution in [2.75, 3.05) is 17.3 Å². The van der Waals surface area contributed by atoms with Crippen molar-refractivity contribution in [2.24, 2.45) is 5.10 Å². The number of Topliss-reactive ketones (excluding diaryl/α,β-unsaturated/α-hetero) is 1. The van der Waals surface area contributed by atoms with E-state index in [2.05, 4.69) is 25.8 Å². The van der Waals surface area contributed by atoms with E-state index in [4.69, 9.17) is 9.84 Å². The summed E-state index contributed by atoms with van der Waals surface area (Å²) in [6.07, 6.45) is 2.43. The molecule has 0 bridgehead atoms. The van der Waals surface area contributed by atoms with Crippen molar-refractivity contribution in [3.8, 4) is 0 Å². The molecule has 12 heteroatoms. The number of nitrogens with zero attached hydrogens (tertiary/aromatic N) is 3. The average Bonchev–Trinajstić information content (AvgIpc) is 3.02. The lowest BCUT2D eigenvalue weighted by Gasteiger charge is -2.06. The topological polar surface area (TPSA) is 160 Å². The van der Waals surface area contributed by atoms with E-state index in [1.54, 1.807) is 13.8 Å². The highest BCUT2D eigenvalue weighted by molar-refractivity contribution is 7.17. The van der Waals surface area contributed by atoms with Crippen LogP contribution in [0.1, 0.15) is 39.6 Å². The van der Waals surface area contributed by atoms with Gasteiger partial charge in [0.2, 0.25) is 0 Å². The van der Waals surface area contributed by atoms with E-state index < -0.39 is 29.3 Å². The van der Waals surface area contributed by atoms with Crippen molar-refractivity contribution in [3.05, 3.63) is 34.6 Å². The smallest absolute Gasteiger partial charge is 0.350 e. The van der Waals surface area contributed by atoms with Gasteiger partial charge in [-0.2, -0.15) is 5.10 Å². The summed E-state index contributed by atoms with van der Waals surface area (Å²) in [5.74, 6) is -3.36. The number of hydrazone groups is 1. The number of aromatic nitrogens is 2. The molecule has 3 N–H and O–H groups in total. The number of aromatic carboxylic acids is 1. The Balaban J connectivity index is 2.22. The quantitative estimate of drug-likeness (QED) is 0.250. The summed E-state index contributed by atoms with van der Waals surface area (Å²) in [6, 6.07) is 1.33. The Bertz CT molecular complexity index is 1000. The van der Waals surface area contributed by atoms with Crippen LogP contribution < -0.4 is 10.7 Å². The largest absolute Gasteiger partial charge is 0.478 e. The van der Waals surface area contributed by atoms with Crippen LogP contribution in [0, 0.1) is 6.92 Å². The molecule has 0 aliphatic carbocycles. The molecule has 1 amide bonds. The molecule has 0 radical (unpaired) electrons. The van der Waals surface area contributed by atoms with Crippen LogP contribution in [0.25, 0.3) is 0 Å². The SMILES string of the molecule is CCOC(=O)c1sc(NC(=O)/C(=N/Nc2ccncc2C(=O)O)C(C)=O)nc1C. The van der Waals surface area contributed by atoms with Crippen LogP contribution in [0.4, 0.5) is 10.8 Å². The summed E-state index contributed by atoms with van der Waals surface area (Å²) in [4.78, 5) is 55.3. The van der Waals surface area contributed by atoms with Gasteiger partial charge in [-0.05, 0) is 19.9 Å². The third kappa shape index (κ3) is 5.42. The first-order valence-electron chi connectivity index (χ1n) is 8.22. The van der Waals surface area contributed by atoms with Crippen molar-refractivity contribution in [1.82, 2.24) is 9.97 Å². The van der Waals surface area contributed by atoms with Crippen LogP contribution in [-0.4, -0.2) is 51.0 Å². The molecule has 29 heavy (non-hydrogen) atoms. The number of anilines is 2. The zero-order valence-corrected chi connectivity index (χ0v) is 16.5. The summed E-state index contributed by atoms with van der Waals surface area (Å²) < 4.78 is 4.91. The fraction of sp³-hybridized carbons (Fsp3) is 0.235. The van der Waals surface area contributed by atoms with Gasteiger partial charge in [-0.3, -0.25) is 25.3 Å². The molecule has 0 aliphatic heterocycles. The average molecular weight is 419 g/mol. The van der Waals surface area contributed by atoms with Crippen LogP contribution in [0.2, 0.25) is 0 Å². The molecule has 2 rings (SSSR count). The molecule has 0 spiro atoms. The van der Waals surface area contributed by atoms with Crippen molar-refractivity contribution in [3.63, 3.8) is 0 Å². The number of amides is 1. The third-order valence-electron chi connectivity index (χ3n) is 3.37. The zero-order chi connectivity index (χ0) is 21.6. The number of pyridine rings is 1. The van der Waals surface area contributed by atoms with Gasteiger partial charge in [-0.15, -0.1) is 0 Å². The molecule has 0 atom stereocenters. The van der Waals surface area contributed by atoms with Gasteiger partial charge < -0.3 is 9.84 Å². The summed E-state index contributed by atoms with van der Waals surface area (Å²) >= 11 is 0.896. The van der Waals surface area contributed by atoms with Gasteiger partial charge in [0.05, 0.1) is 18.0 Å². The predicted molar refractivity (Wildman–Crippen MR) is 104 cm³/mol. The molecule has 2 aromatic heterocycles. The number of carboxylic acid groups (broad SMARTS) is 1. The van der Waals surface area contributed by atoms with Crippen LogP contribution in [0.15, 0.2) is 23.6 Å². The van der Waals surface area contributed by atoms with Crippen LogP contribution in [0.5, 0.6) is 0 Å². The number of carbonyl (C=O) groups excluding carboxylic acids is 3. The normalized spacial score (nSPS) is 10.9. The Labute approximate surface area is 168 Å². The first-order chi connectivity index (χ1) is 13.7. The maximum Gasteiger partial charge on any atom is 0.350 e. The Hall–Kier alpha value is -3.67. The van der Waals surface area contributed by atoms with Gasteiger partial charge in [-0.25, -0.2) is 14.6 Å². The Morgan fingerprint density at radius 2 is 2.03 bits per heavy atom. The number of carboxylic acids is 1. The number of ether oxygens (including phenoxy) is 1. The van der Waals surface area contributed by atoms with Crippen molar-refractivity contribution >= 4 is 51.5 Å². The highest BCUT2D eigenvalue weighted by Crippen LogP contribution is 2.23. The molecule has 152 valence electrons. The van der Waals surface area contributed by atoms with Crippen molar-refractivity contribution in [2.45, 2.75) is 20.8 Å².